The molecule has 0 saturated carbocycles. The Labute approximate surface area is 111 Å². The van der Waals surface area contributed by atoms with Crippen LogP contribution in [0, 0.1) is 6.92 Å². The summed E-state index contributed by atoms with van der Waals surface area (Å²) in [5, 5.41) is 9.98. The molecule has 1 aromatic rings. The summed E-state index contributed by atoms with van der Waals surface area (Å²) in [7, 11) is 0. The predicted molar refractivity (Wildman–Crippen MR) is 76.5 cm³/mol. The smallest absolute Gasteiger partial charge is 0.0718 e. The largest absolute Gasteiger partial charge is 0.389 e. The topological polar surface area (TPSA) is 49.5 Å². The second-order valence-electron chi connectivity index (χ2n) is 5.54. The molecular weight excluding hydrogens is 224 g/mol. The van der Waals surface area contributed by atoms with Crippen LogP contribution >= 0.6 is 0 Å². The van der Waals surface area contributed by atoms with Crippen molar-refractivity contribution in [1.82, 2.24) is 4.90 Å². The second-order valence-corrected chi connectivity index (χ2v) is 5.54. The molecule has 3 heteroatoms. The van der Waals surface area contributed by atoms with Crippen molar-refractivity contribution >= 4 is 0 Å². The first-order chi connectivity index (χ1) is 8.37. The van der Waals surface area contributed by atoms with Crippen molar-refractivity contribution < 1.29 is 5.11 Å². The van der Waals surface area contributed by atoms with Crippen LogP contribution in [-0.2, 0) is 0 Å². The number of aliphatic hydroxyl groups is 1. The fourth-order valence-corrected chi connectivity index (χ4v) is 2.31. The van der Waals surface area contributed by atoms with Crippen LogP contribution in [0.1, 0.15) is 37.9 Å². The molecule has 0 aliphatic carbocycles. The molecule has 0 amide bonds. The minimum atomic E-state index is -0.701. The van der Waals surface area contributed by atoms with Crippen LogP contribution in [0.15, 0.2) is 24.3 Å². The Bertz CT molecular complexity index is 371. The lowest BCUT2D eigenvalue weighted by molar-refractivity contribution is 0.0235. The molecule has 3 N–H and O–H groups in total. The van der Waals surface area contributed by atoms with Gasteiger partial charge < -0.3 is 10.8 Å². The number of hydrogen-bond acceptors (Lipinski definition) is 3. The Morgan fingerprint density at radius 3 is 2.50 bits per heavy atom. The van der Waals surface area contributed by atoms with Gasteiger partial charge in [0.05, 0.1) is 5.60 Å². The van der Waals surface area contributed by atoms with E-state index in [2.05, 4.69) is 43.0 Å². The SMILES string of the molecule is CCN(CC(C)(C)O)C(CN)c1cccc(C)c1. The monoisotopic (exact) mass is 250 g/mol. The highest BCUT2D eigenvalue weighted by molar-refractivity contribution is 5.25. The van der Waals surface area contributed by atoms with Gasteiger partial charge in [-0.15, -0.1) is 0 Å². The third-order valence-electron chi connectivity index (χ3n) is 3.09. The molecular formula is C15H26N2O. The van der Waals surface area contributed by atoms with Gasteiger partial charge in [-0.25, -0.2) is 0 Å². The van der Waals surface area contributed by atoms with Gasteiger partial charge in [-0.3, -0.25) is 4.90 Å². The van der Waals surface area contributed by atoms with Gasteiger partial charge in [-0.05, 0) is 32.9 Å². The Balaban J connectivity index is 2.93. The predicted octanol–water partition coefficient (Wildman–Crippen LogP) is 2.09. The third-order valence-corrected chi connectivity index (χ3v) is 3.09. The summed E-state index contributed by atoms with van der Waals surface area (Å²) in [6, 6.07) is 8.60. The molecule has 102 valence electrons. The highest BCUT2D eigenvalue weighted by atomic mass is 16.3. The molecule has 1 atom stereocenters. The van der Waals surface area contributed by atoms with E-state index in [0.29, 0.717) is 13.1 Å². The summed E-state index contributed by atoms with van der Waals surface area (Å²) in [6.45, 7) is 9.92. The number of benzene rings is 1. The van der Waals surface area contributed by atoms with Crippen LogP contribution in [0.4, 0.5) is 0 Å². The Hall–Kier alpha value is -0.900. The molecule has 0 aromatic heterocycles. The molecule has 0 fully saturated rings. The zero-order valence-electron chi connectivity index (χ0n) is 12.0. The number of nitrogens with two attached hydrogens (primary N) is 1. The lowest BCUT2D eigenvalue weighted by atomic mass is 10.0. The normalized spacial score (nSPS) is 13.9. The van der Waals surface area contributed by atoms with Gasteiger partial charge in [-0.2, -0.15) is 0 Å². The minimum Gasteiger partial charge on any atom is -0.389 e. The van der Waals surface area contributed by atoms with E-state index in [1.165, 1.54) is 11.1 Å². The van der Waals surface area contributed by atoms with Gasteiger partial charge in [0, 0.05) is 19.1 Å². The fourth-order valence-electron chi connectivity index (χ4n) is 2.31. The summed E-state index contributed by atoms with van der Waals surface area (Å²) >= 11 is 0. The Morgan fingerprint density at radius 1 is 1.39 bits per heavy atom. The van der Waals surface area contributed by atoms with Crippen molar-refractivity contribution in [2.24, 2.45) is 5.73 Å². The maximum absolute atomic E-state index is 9.98. The van der Waals surface area contributed by atoms with Crippen LogP contribution in [0.3, 0.4) is 0 Å². The highest BCUT2D eigenvalue weighted by Gasteiger charge is 2.24. The zero-order valence-corrected chi connectivity index (χ0v) is 12.0. The number of nitrogens with zero attached hydrogens (tertiary/aromatic N) is 1. The second kappa shape index (κ2) is 6.32. The van der Waals surface area contributed by atoms with Gasteiger partial charge in [0.25, 0.3) is 0 Å². The van der Waals surface area contributed by atoms with Gasteiger partial charge in [0.2, 0.25) is 0 Å². The molecule has 0 aliphatic rings. The summed E-state index contributed by atoms with van der Waals surface area (Å²) in [4.78, 5) is 2.23. The van der Waals surface area contributed by atoms with Crippen molar-refractivity contribution in [3.8, 4) is 0 Å². The quantitative estimate of drug-likeness (QED) is 0.813. The van der Waals surface area contributed by atoms with E-state index in [4.69, 9.17) is 5.73 Å². The van der Waals surface area contributed by atoms with E-state index in [-0.39, 0.29) is 6.04 Å². The van der Waals surface area contributed by atoms with Crippen LogP contribution in [-0.4, -0.2) is 35.2 Å². The van der Waals surface area contributed by atoms with Crippen molar-refractivity contribution in [1.29, 1.82) is 0 Å². The van der Waals surface area contributed by atoms with Crippen LogP contribution in [0.25, 0.3) is 0 Å². The fraction of sp³-hybridized carbons (Fsp3) is 0.600. The molecule has 0 radical (unpaired) electrons. The average Bonchev–Trinajstić information content (AvgIpc) is 2.27. The van der Waals surface area contributed by atoms with Crippen LogP contribution in [0.5, 0.6) is 0 Å². The van der Waals surface area contributed by atoms with Crippen molar-refractivity contribution in [3.05, 3.63) is 35.4 Å². The van der Waals surface area contributed by atoms with Crippen molar-refractivity contribution in [3.63, 3.8) is 0 Å². The van der Waals surface area contributed by atoms with Crippen LogP contribution < -0.4 is 5.73 Å². The lowest BCUT2D eigenvalue weighted by Gasteiger charge is -2.34. The molecule has 18 heavy (non-hydrogen) atoms. The van der Waals surface area contributed by atoms with E-state index in [0.717, 1.165) is 6.54 Å². The van der Waals surface area contributed by atoms with Crippen molar-refractivity contribution in [2.45, 2.75) is 39.3 Å². The van der Waals surface area contributed by atoms with Crippen molar-refractivity contribution in [2.75, 3.05) is 19.6 Å². The first-order valence-electron chi connectivity index (χ1n) is 6.60. The number of rotatable bonds is 6. The minimum absolute atomic E-state index is 0.168. The number of aryl methyl sites for hydroxylation is 1. The summed E-state index contributed by atoms with van der Waals surface area (Å²) in [5.41, 5.74) is 7.69. The summed E-state index contributed by atoms with van der Waals surface area (Å²) < 4.78 is 0. The van der Waals surface area contributed by atoms with E-state index >= 15 is 0 Å². The van der Waals surface area contributed by atoms with E-state index in [1.807, 2.05) is 13.8 Å². The van der Waals surface area contributed by atoms with Crippen LogP contribution in [0.2, 0.25) is 0 Å². The first kappa shape index (κ1) is 15.2. The van der Waals surface area contributed by atoms with Gasteiger partial charge in [0.15, 0.2) is 0 Å². The van der Waals surface area contributed by atoms with Gasteiger partial charge >= 0.3 is 0 Å². The molecule has 1 unspecified atom stereocenters. The maximum atomic E-state index is 9.98. The Morgan fingerprint density at radius 2 is 2.06 bits per heavy atom. The standard InChI is InChI=1S/C15H26N2O/c1-5-17(11-15(3,4)18)14(10-16)13-8-6-7-12(2)9-13/h6-9,14,18H,5,10-11,16H2,1-4H3. The molecule has 0 aliphatic heterocycles. The highest BCUT2D eigenvalue weighted by Crippen LogP contribution is 2.22. The zero-order chi connectivity index (χ0) is 13.8. The molecule has 0 bridgehead atoms. The molecule has 0 saturated heterocycles. The molecule has 1 aromatic carbocycles. The first-order valence-corrected chi connectivity index (χ1v) is 6.60. The van der Waals surface area contributed by atoms with E-state index < -0.39 is 5.60 Å². The average molecular weight is 250 g/mol. The Kier molecular flexibility index (Phi) is 5.32. The van der Waals surface area contributed by atoms with Gasteiger partial charge in [0.1, 0.15) is 0 Å². The number of likely N-dealkylation sites (N-methyl/N-ethyl adjacent to an activating group) is 1. The lowest BCUT2D eigenvalue weighted by Crippen LogP contribution is -2.42. The van der Waals surface area contributed by atoms with Gasteiger partial charge in [-0.1, -0.05) is 36.8 Å². The maximum Gasteiger partial charge on any atom is 0.0718 e. The summed E-state index contributed by atoms with van der Waals surface area (Å²) in [5.74, 6) is 0. The van der Waals surface area contributed by atoms with E-state index in [1.54, 1.807) is 0 Å². The molecule has 0 spiro atoms. The van der Waals surface area contributed by atoms with E-state index in [9.17, 15) is 5.11 Å². The molecule has 3 nitrogen and oxygen atoms in total. The molecule has 1 rings (SSSR count). The molecule has 0 heterocycles. The summed E-state index contributed by atoms with van der Waals surface area (Å²) in [6.07, 6.45) is 0. The third kappa shape index (κ3) is 4.41. The number of hydrogen-bond donors (Lipinski definition) is 2.